The van der Waals surface area contributed by atoms with Gasteiger partial charge in [0.05, 0.1) is 0 Å². The molecular weight excluding hydrogens is 499 g/mol. The molecule has 0 amide bonds. The average molecular weight is 530 g/mol. The molecule has 2 fully saturated rings. The lowest BCUT2D eigenvalue weighted by Gasteiger charge is -2.33. The van der Waals surface area contributed by atoms with Crippen LogP contribution in [0.2, 0.25) is 0 Å². The monoisotopic (exact) mass is 529 g/mol. The van der Waals surface area contributed by atoms with E-state index in [1.165, 1.54) is 17.3 Å². The maximum absolute atomic E-state index is 13.6. The van der Waals surface area contributed by atoms with E-state index in [0.717, 1.165) is 63.9 Å². The van der Waals surface area contributed by atoms with Gasteiger partial charge < -0.3 is 9.32 Å². The van der Waals surface area contributed by atoms with Gasteiger partial charge in [-0.25, -0.2) is 4.98 Å². The van der Waals surface area contributed by atoms with Crippen molar-refractivity contribution in [3.05, 3.63) is 71.2 Å². The first-order chi connectivity index (χ1) is 17.9. The summed E-state index contributed by atoms with van der Waals surface area (Å²) in [5.74, 6) is -0.115. The number of halogens is 3. The number of thioether (sulfide) groups is 1. The van der Waals surface area contributed by atoms with E-state index in [1.54, 1.807) is 12.3 Å². The van der Waals surface area contributed by atoms with Crippen LogP contribution in [0.5, 0.6) is 0 Å². The van der Waals surface area contributed by atoms with Crippen LogP contribution in [0.1, 0.15) is 78.2 Å². The number of nitrogens with zero attached hydrogens (tertiary/aromatic N) is 3. The molecule has 2 aromatic heterocycles. The van der Waals surface area contributed by atoms with E-state index in [4.69, 9.17) is 4.42 Å². The van der Waals surface area contributed by atoms with Crippen molar-refractivity contribution in [3.8, 4) is 0 Å². The summed E-state index contributed by atoms with van der Waals surface area (Å²) in [6.45, 7) is 1.75. The molecule has 3 aromatic rings. The Hall–Kier alpha value is -2.81. The zero-order valence-corrected chi connectivity index (χ0v) is 21.4. The van der Waals surface area contributed by atoms with Crippen LogP contribution in [0.4, 0.5) is 19.0 Å². The fourth-order valence-electron chi connectivity index (χ4n) is 5.20. The summed E-state index contributed by atoms with van der Waals surface area (Å²) in [5, 5.41) is 0.0980. The Kier molecular flexibility index (Phi) is 7.88. The highest BCUT2D eigenvalue weighted by Crippen LogP contribution is 2.38. The largest absolute Gasteiger partial charge is 0.437 e. The van der Waals surface area contributed by atoms with Crippen LogP contribution in [0.15, 0.2) is 58.3 Å². The molecule has 9 heteroatoms. The SMILES string of the molecule is O=C(Cc1ccc(N2CCC(c3ccccc3)CC2)nc1)c1oc(SC2CCCCC2)nc1C(F)(F)F. The molecule has 0 bridgehead atoms. The van der Waals surface area contributed by atoms with Gasteiger partial charge in [0.2, 0.25) is 11.5 Å². The molecule has 1 saturated heterocycles. The summed E-state index contributed by atoms with van der Waals surface area (Å²) in [4.78, 5) is 23.2. The fourth-order valence-corrected chi connectivity index (χ4v) is 6.33. The van der Waals surface area contributed by atoms with E-state index >= 15 is 0 Å². The Morgan fingerprint density at radius 1 is 1.00 bits per heavy atom. The molecule has 2 aliphatic rings. The number of piperidine rings is 1. The third kappa shape index (κ3) is 6.37. The normalized spacial score (nSPS) is 17.8. The van der Waals surface area contributed by atoms with Crippen molar-refractivity contribution in [1.29, 1.82) is 0 Å². The number of aromatic nitrogens is 2. The summed E-state index contributed by atoms with van der Waals surface area (Å²) < 4.78 is 46.3. The first kappa shape index (κ1) is 25.8. The smallest absolute Gasteiger partial charge is 0.427 e. The van der Waals surface area contributed by atoms with Gasteiger partial charge in [0.25, 0.3) is 5.22 Å². The van der Waals surface area contributed by atoms with Gasteiger partial charge >= 0.3 is 6.18 Å². The van der Waals surface area contributed by atoms with Crippen molar-refractivity contribution in [1.82, 2.24) is 9.97 Å². The lowest BCUT2D eigenvalue weighted by molar-refractivity contribution is -0.141. The Morgan fingerprint density at radius 3 is 2.38 bits per heavy atom. The fraction of sp³-hybridized carbons (Fsp3) is 0.464. The van der Waals surface area contributed by atoms with Gasteiger partial charge in [0.1, 0.15) is 5.82 Å². The number of carbonyl (C=O) groups excluding carboxylic acids is 1. The van der Waals surface area contributed by atoms with Gasteiger partial charge in [-0.05, 0) is 48.8 Å². The minimum atomic E-state index is -4.76. The van der Waals surface area contributed by atoms with Crippen LogP contribution in [0, 0.1) is 0 Å². The van der Waals surface area contributed by atoms with E-state index in [2.05, 4.69) is 39.1 Å². The Morgan fingerprint density at radius 2 is 1.73 bits per heavy atom. The highest BCUT2D eigenvalue weighted by molar-refractivity contribution is 7.99. The molecule has 5 nitrogen and oxygen atoms in total. The van der Waals surface area contributed by atoms with E-state index in [-0.39, 0.29) is 16.9 Å². The van der Waals surface area contributed by atoms with E-state index < -0.39 is 23.4 Å². The van der Waals surface area contributed by atoms with E-state index in [1.807, 2.05) is 12.1 Å². The number of pyridine rings is 1. The van der Waals surface area contributed by atoms with Gasteiger partial charge in [-0.1, -0.05) is 67.4 Å². The van der Waals surface area contributed by atoms with Crippen LogP contribution >= 0.6 is 11.8 Å². The molecule has 1 saturated carbocycles. The van der Waals surface area contributed by atoms with Crippen LogP contribution in [-0.2, 0) is 12.6 Å². The molecule has 0 spiro atoms. The van der Waals surface area contributed by atoms with Crippen molar-refractivity contribution in [2.75, 3.05) is 18.0 Å². The zero-order chi connectivity index (χ0) is 25.8. The van der Waals surface area contributed by atoms with Crippen molar-refractivity contribution < 1.29 is 22.4 Å². The third-order valence-corrected chi connectivity index (χ3v) is 8.39. The number of anilines is 1. The summed E-state index contributed by atoms with van der Waals surface area (Å²) in [5.41, 5.74) is 0.663. The average Bonchev–Trinajstić information content (AvgIpc) is 3.35. The molecule has 37 heavy (non-hydrogen) atoms. The zero-order valence-electron chi connectivity index (χ0n) is 20.5. The maximum Gasteiger partial charge on any atom is 0.437 e. The maximum atomic E-state index is 13.6. The second-order valence-electron chi connectivity index (χ2n) is 9.83. The molecule has 1 aliphatic heterocycles. The second kappa shape index (κ2) is 11.3. The van der Waals surface area contributed by atoms with Crippen molar-refractivity contribution in [2.45, 2.75) is 73.9 Å². The molecule has 0 atom stereocenters. The van der Waals surface area contributed by atoms with Gasteiger partial charge in [0.15, 0.2) is 5.69 Å². The predicted molar refractivity (Wildman–Crippen MR) is 137 cm³/mol. The first-order valence-electron chi connectivity index (χ1n) is 12.9. The van der Waals surface area contributed by atoms with Gasteiger partial charge in [0, 0.05) is 31.0 Å². The van der Waals surface area contributed by atoms with Gasteiger partial charge in [-0.3, -0.25) is 4.79 Å². The lowest BCUT2D eigenvalue weighted by Crippen LogP contribution is -2.33. The quantitative estimate of drug-likeness (QED) is 0.299. The molecular formula is C28H30F3N3O2S. The Bertz CT molecular complexity index is 1180. The molecule has 196 valence electrons. The predicted octanol–water partition coefficient (Wildman–Crippen LogP) is 7.32. The number of rotatable bonds is 7. The van der Waals surface area contributed by atoms with Crippen LogP contribution in [-0.4, -0.2) is 34.1 Å². The van der Waals surface area contributed by atoms with E-state index in [0.29, 0.717) is 11.5 Å². The van der Waals surface area contributed by atoms with Crippen molar-refractivity contribution >= 4 is 23.4 Å². The number of ketones is 1. The number of Topliss-reactive ketones (excluding diaryl/α,β-unsaturated/α-hetero) is 1. The minimum absolute atomic E-state index is 0.0741. The Balaban J connectivity index is 1.22. The van der Waals surface area contributed by atoms with E-state index in [9.17, 15) is 18.0 Å². The highest BCUT2D eigenvalue weighted by Gasteiger charge is 2.41. The standard InChI is InChI=1S/C28H30F3N3O2S/c29-28(30,31)26-25(36-27(33-26)37-22-9-5-2-6-10-22)23(35)17-19-11-12-24(32-18-19)34-15-13-21(14-16-34)20-7-3-1-4-8-20/h1,3-4,7-8,11-12,18,21-22H,2,5-6,9-10,13-17H2. The highest BCUT2D eigenvalue weighted by atomic mass is 32.2. The molecule has 5 rings (SSSR count). The van der Waals surface area contributed by atoms with Gasteiger partial charge in [-0.15, -0.1) is 0 Å². The third-order valence-electron chi connectivity index (χ3n) is 7.21. The summed E-state index contributed by atoms with van der Waals surface area (Å²) in [6, 6.07) is 14.1. The summed E-state index contributed by atoms with van der Waals surface area (Å²) >= 11 is 1.21. The van der Waals surface area contributed by atoms with Gasteiger partial charge in [-0.2, -0.15) is 18.2 Å². The van der Waals surface area contributed by atoms with Crippen molar-refractivity contribution in [2.24, 2.45) is 0 Å². The topological polar surface area (TPSA) is 59.2 Å². The molecule has 1 aromatic carbocycles. The molecule has 1 aliphatic carbocycles. The number of hydrogen-bond donors (Lipinski definition) is 0. The number of alkyl halides is 3. The first-order valence-corrected chi connectivity index (χ1v) is 13.8. The molecule has 0 N–H and O–H groups in total. The lowest BCUT2D eigenvalue weighted by atomic mass is 9.89. The number of carbonyl (C=O) groups is 1. The summed E-state index contributed by atoms with van der Waals surface area (Å²) in [7, 11) is 0. The van der Waals surface area contributed by atoms with Crippen molar-refractivity contribution in [3.63, 3.8) is 0 Å². The number of oxazole rings is 1. The molecule has 3 heterocycles. The van der Waals surface area contributed by atoms with Crippen LogP contribution in [0.3, 0.4) is 0 Å². The Labute approximate surface area is 218 Å². The number of hydrogen-bond acceptors (Lipinski definition) is 6. The molecule has 0 unspecified atom stereocenters. The second-order valence-corrected chi connectivity index (χ2v) is 11.1. The minimum Gasteiger partial charge on any atom is -0.427 e. The molecule has 0 radical (unpaired) electrons. The van der Waals surface area contributed by atoms with Crippen LogP contribution in [0.25, 0.3) is 0 Å². The summed E-state index contributed by atoms with van der Waals surface area (Å²) in [6.07, 6.45) is 3.70. The van der Waals surface area contributed by atoms with Crippen LogP contribution < -0.4 is 4.90 Å². The number of benzene rings is 1.